The minimum atomic E-state index is -3.37. The molecule has 1 atom stereocenters. The molecule has 0 aliphatic heterocycles. The molecule has 1 N–H and O–H groups in total. The molecule has 5 nitrogen and oxygen atoms in total. The summed E-state index contributed by atoms with van der Waals surface area (Å²) in [4.78, 5) is 11.4. The van der Waals surface area contributed by atoms with Crippen LogP contribution in [0, 0.1) is 11.8 Å². The molecule has 35 heavy (non-hydrogen) atoms. The minimum Gasteiger partial charge on any atom is -0.489 e. The molecule has 0 unspecified atom stereocenters. The van der Waals surface area contributed by atoms with Crippen molar-refractivity contribution in [3.63, 3.8) is 0 Å². The van der Waals surface area contributed by atoms with Crippen LogP contribution in [0.5, 0.6) is 5.75 Å². The van der Waals surface area contributed by atoms with Crippen molar-refractivity contribution < 1.29 is 23.1 Å². The van der Waals surface area contributed by atoms with Gasteiger partial charge in [-0.1, -0.05) is 42.3 Å². The average Bonchev–Trinajstić information content (AvgIpc) is 3.25. The second kappa shape index (κ2) is 10.3. The second-order valence-corrected chi connectivity index (χ2v) is 11.0. The third-order valence-corrected chi connectivity index (χ3v) is 7.72. The number of thiophene rings is 1. The van der Waals surface area contributed by atoms with Crippen molar-refractivity contribution in [2.24, 2.45) is 0 Å². The van der Waals surface area contributed by atoms with Crippen LogP contribution in [0.1, 0.15) is 30.4 Å². The highest BCUT2D eigenvalue weighted by molar-refractivity contribution is 7.90. The van der Waals surface area contributed by atoms with Gasteiger partial charge in [-0.3, -0.25) is 4.79 Å². The van der Waals surface area contributed by atoms with Crippen molar-refractivity contribution in [2.45, 2.75) is 30.8 Å². The van der Waals surface area contributed by atoms with E-state index in [0.29, 0.717) is 22.8 Å². The lowest BCUT2D eigenvalue weighted by atomic mass is 9.96. The number of hydrogen-bond donors (Lipinski definition) is 1. The lowest BCUT2D eigenvalue weighted by Gasteiger charge is -2.11. The van der Waals surface area contributed by atoms with Crippen LogP contribution < -0.4 is 4.74 Å². The van der Waals surface area contributed by atoms with Gasteiger partial charge in [0.15, 0.2) is 9.84 Å². The van der Waals surface area contributed by atoms with Gasteiger partial charge in [0.25, 0.3) is 0 Å². The number of benzene rings is 3. The first-order valence-electron chi connectivity index (χ1n) is 10.9. The van der Waals surface area contributed by atoms with Crippen LogP contribution >= 0.6 is 11.3 Å². The summed E-state index contributed by atoms with van der Waals surface area (Å²) in [6, 6.07) is 20.4. The van der Waals surface area contributed by atoms with E-state index in [2.05, 4.69) is 11.8 Å². The molecule has 7 heteroatoms. The standard InChI is InChI=1S/C28H24O5S2/c1-3-6-21(16-28(29)30)20-10-12-22(13-11-20)33-17-19-9-14-26-24(15-19)25(18-34-26)23-7-4-5-8-27(23)35(2,31)32/h4-5,7-15,18,21H,16-17H2,1-2H3,(H,29,30)/t21-/m0/s1. The summed E-state index contributed by atoms with van der Waals surface area (Å²) in [7, 11) is -3.37. The van der Waals surface area contributed by atoms with Crippen LogP contribution in [-0.4, -0.2) is 25.7 Å². The molecule has 0 fully saturated rings. The third-order valence-electron chi connectivity index (χ3n) is 5.60. The molecule has 4 aromatic rings. The van der Waals surface area contributed by atoms with Gasteiger partial charge in [0.2, 0.25) is 0 Å². The Morgan fingerprint density at radius 2 is 1.80 bits per heavy atom. The molecule has 0 saturated heterocycles. The molecule has 0 spiro atoms. The van der Waals surface area contributed by atoms with Crippen LogP contribution in [0.2, 0.25) is 0 Å². The lowest BCUT2D eigenvalue weighted by Crippen LogP contribution is -2.04. The molecule has 1 heterocycles. The van der Waals surface area contributed by atoms with Gasteiger partial charge in [-0.25, -0.2) is 8.42 Å². The predicted octanol–water partition coefficient (Wildman–Crippen LogP) is 6.13. The highest BCUT2D eigenvalue weighted by atomic mass is 32.2. The predicted molar refractivity (Wildman–Crippen MR) is 140 cm³/mol. The topological polar surface area (TPSA) is 80.7 Å². The number of carboxylic acids is 1. The van der Waals surface area contributed by atoms with Crippen molar-refractivity contribution in [1.29, 1.82) is 0 Å². The quantitative estimate of drug-likeness (QED) is 0.292. The lowest BCUT2D eigenvalue weighted by molar-refractivity contribution is -0.137. The van der Waals surface area contributed by atoms with E-state index in [1.165, 1.54) is 6.26 Å². The van der Waals surface area contributed by atoms with Crippen LogP contribution in [0.4, 0.5) is 0 Å². The molecular formula is C28H24O5S2. The fourth-order valence-electron chi connectivity index (χ4n) is 3.95. The maximum absolute atomic E-state index is 12.3. The molecule has 0 aliphatic carbocycles. The molecule has 4 rings (SSSR count). The molecule has 0 saturated carbocycles. The van der Waals surface area contributed by atoms with Gasteiger partial charge in [0.1, 0.15) is 12.4 Å². The Kier molecular flexibility index (Phi) is 7.25. The van der Waals surface area contributed by atoms with E-state index >= 15 is 0 Å². The number of carbonyl (C=O) groups is 1. The first-order chi connectivity index (χ1) is 16.8. The summed E-state index contributed by atoms with van der Waals surface area (Å²) in [5.41, 5.74) is 3.38. The van der Waals surface area contributed by atoms with E-state index in [1.807, 2.05) is 60.0 Å². The Bertz CT molecular complexity index is 1540. The van der Waals surface area contributed by atoms with E-state index in [9.17, 15) is 13.2 Å². The van der Waals surface area contributed by atoms with Crippen LogP contribution in [0.25, 0.3) is 21.2 Å². The minimum absolute atomic E-state index is 0.0491. The first kappa shape index (κ1) is 24.5. The van der Waals surface area contributed by atoms with Crippen molar-refractivity contribution in [1.82, 2.24) is 0 Å². The van der Waals surface area contributed by atoms with Gasteiger partial charge in [0, 0.05) is 27.5 Å². The molecule has 3 aromatic carbocycles. The van der Waals surface area contributed by atoms with E-state index < -0.39 is 15.8 Å². The van der Waals surface area contributed by atoms with Crippen molar-refractivity contribution in [3.8, 4) is 28.7 Å². The summed E-state index contributed by atoms with van der Waals surface area (Å²) >= 11 is 1.58. The Labute approximate surface area is 208 Å². The van der Waals surface area contributed by atoms with Crippen molar-refractivity contribution >= 4 is 37.2 Å². The van der Waals surface area contributed by atoms with Gasteiger partial charge in [-0.15, -0.1) is 17.3 Å². The zero-order valence-electron chi connectivity index (χ0n) is 19.3. The largest absolute Gasteiger partial charge is 0.489 e. The van der Waals surface area contributed by atoms with Gasteiger partial charge in [-0.2, -0.15) is 0 Å². The number of rotatable bonds is 8. The van der Waals surface area contributed by atoms with Gasteiger partial charge in [0.05, 0.1) is 17.2 Å². The van der Waals surface area contributed by atoms with Gasteiger partial charge in [-0.05, 0) is 53.8 Å². The summed E-state index contributed by atoms with van der Waals surface area (Å²) in [6.45, 7) is 2.04. The number of sulfone groups is 1. The highest BCUT2D eigenvalue weighted by Gasteiger charge is 2.17. The van der Waals surface area contributed by atoms with E-state index in [0.717, 1.165) is 26.8 Å². The third kappa shape index (κ3) is 5.73. The normalized spacial score (nSPS) is 12.1. The maximum atomic E-state index is 12.3. The van der Waals surface area contributed by atoms with E-state index in [-0.39, 0.29) is 12.3 Å². The summed E-state index contributed by atoms with van der Waals surface area (Å²) in [6.07, 6.45) is 1.18. The fourth-order valence-corrected chi connectivity index (χ4v) is 5.80. The number of carboxylic acid groups (broad SMARTS) is 1. The molecular weight excluding hydrogens is 480 g/mol. The number of aliphatic carboxylic acids is 1. The molecule has 0 bridgehead atoms. The van der Waals surface area contributed by atoms with Crippen LogP contribution in [-0.2, 0) is 21.2 Å². The summed E-state index contributed by atoms with van der Waals surface area (Å²) < 4.78 is 31.7. The van der Waals surface area contributed by atoms with Gasteiger partial charge >= 0.3 is 5.97 Å². The Morgan fingerprint density at radius 1 is 1.06 bits per heavy atom. The molecule has 0 aliphatic rings. The molecule has 0 radical (unpaired) electrons. The Morgan fingerprint density at radius 3 is 2.49 bits per heavy atom. The number of hydrogen-bond acceptors (Lipinski definition) is 5. The zero-order valence-corrected chi connectivity index (χ0v) is 20.9. The monoisotopic (exact) mass is 504 g/mol. The summed E-state index contributed by atoms with van der Waals surface area (Å²) in [5.74, 6) is 5.16. The number of fused-ring (bicyclic) bond motifs is 1. The Hall–Kier alpha value is -3.60. The van der Waals surface area contributed by atoms with E-state index in [4.69, 9.17) is 9.84 Å². The van der Waals surface area contributed by atoms with Crippen molar-refractivity contribution in [2.75, 3.05) is 6.26 Å². The molecule has 0 amide bonds. The van der Waals surface area contributed by atoms with Gasteiger partial charge < -0.3 is 9.84 Å². The smallest absolute Gasteiger partial charge is 0.304 e. The maximum Gasteiger partial charge on any atom is 0.304 e. The van der Waals surface area contributed by atoms with Crippen molar-refractivity contribution in [3.05, 3.63) is 83.2 Å². The van der Waals surface area contributed by atoms with Crippen LogP contribution in [0.3, 0.4) is 0 Å². The highest BCUT2D eigenvalue weighted by Crippen LogP contribution is 2.37. The van der Waals surface area contributed by atoms with E-state index in [1.54, 1.807) is 30.4 Å². The number of ether oxygens (including phenoxy) is 1. The molecule has 1 aromatic heterocycles. The molecule has 178 valence electrons. The van der Waals surface area contributed by atoms with Crippen LogP contribution in [0.15, 0.2) is 77.0 Å². The first-order valence-corrected chi connectivity index (χ1v) is 13.7. The fraction of sp³-hybridized carbons (Fsp3) is 0.179. The average molecular weight is 505 g/mol. The zero-order chi connectivity index (χ0) is 25.0. The second-order valence-electron chi connectivity index (χ2n) is 8.15. The summed E-state index contributed by atoms with van der Waals surface area (Å²) in [5, 5.41) is 12.1. The SMILES string of the molecule is CC#C[C@@H](CC(=O)O)c1ccc(OCc2ccc3scc(-c4ccccc4S(C)(=O)=O)c3c2)cc1. The Balaban J connectivity index is 1.56.